The summed E-state index contributed by atoms with van der Waals surface area (Å²) in [7, 11) is 0. The first kappa shape index (κ1) is 20.3. The maximum absolute atomic E-state index is 13.0. The fraction of sp³-hybridized carbons (Fsp3) is 0.333. The standard InChI is InChI=1S/C21H28N4O2/c1-7-9-16(5)20-23-24(14-17(6)22-8-2)21(26)25(20)18-10-12-19(13-11-18)27-15(3)4/h7,9-13,15,22H,1,6,8,14H2,2-5H3/b16-9+. The van der Waals surface area contributed by atoms with Gasteiger partial charge < -0.3 is 10.1 Å². The van der Waals surface area contributed by atoms with Gasteiger partial charge in [0.1, 0.15) is 5.75 Å². The van der Waals surface area contributed by atoms with E-state index >= 15 is 0 Å². The maximum atomic E-state index is 13.0. The van der Waals surface area contributed by atoms with Gasteiger partial charge >= 0.3 is 5.69 Å². The molecule has 0 saturated heterocycles. The number of benzene rings is 1. The van der Waals surface area contributed by atoms with Gasteiger partial charge in [-0.25, -0.2) is 14.0 Å². The van der Waals surface area contributed by atoms with Crippen LogP contribution in [0.4, 0.5) is 0 Å². The number of hydrogen-bond donors (Lipinski definition) is 1. The first-order valence-electron chi connectivity index (χ1n) is 9.05. The van der Waals surface area contributed by atoms with Gasteiger partial charge in [0.2, 0.25) is 0 Å². The molecule has 6 nitrogen and oxygen atoms in total. The highest BCUT2D eigenvalue weighted by Gasteiger charge is 2.17. The predicted molar refractivity (Wildman–Crippen MR) is 110 cm³/mol. The number of rotatable bonds is 9. The Morgan fingerprint density at radius 1 is 1.33 bits per heavy atom. The van der Waals surface area contributed by atoms with Crippen molar-refractivity contribution in [3.05, 3.63) is 71.6 Å². The van der Waals surface area contributed by atoms with Gasteiger partial charge in [-0.1, -0.05) is 25.3 Å². The van der Waals surface area contributed by atoms with Crippen LogP contribution in [0, 0.1) is 0 Å². The lowest BCUT2D eigenvalue weighted by Gasteiger charge is -2.11. The highest BCUT2D eigenvalue weighted by atomic mass is 16.5. The van der Waals surface area contributed by atoms with Crippen molar-refractivity contribution in [2.75, 3.05) is 6.54 Å². The molecule has 2 rings (SSSR count). The van der Waals surface area contributed by atoms with Gasteiger partial charge in [0.25, 0.3) is 0 Å². The summed E-state index contributed by atoms with van der Waals surface area (Å²) in [6.45, 7) is 16.6. The van der Waals surface area contributed by atoms with Crippen molar-refractivity contribution in [1.29, 1.82) is 0 Å². The summed E-state index contributed by atoms with van der Waals surface area (Å²) >= 11 is 0. The number of ether oxygens (including phenoxy) is 1. The monoisotopic (exact) mass is 368 g/mol. The Morgan fingerprint density at radius 2 is 2.00 bits per heavy atom. The summed E-state index contributed by atoms with van der Waals surface area (Å²) in [6.07, 6.45) is 3.60. The van der Waals surface area contributed by atoms with E-state index in [1.165, 1.54) is 4.68 Å². The fourth-order valence-electron chi connectivity index (χ4n) is 2.68. The van der Waals surface area contributed by atoms with Gasteiger partial charge in [0, 0.05) is 12.2 Å². The number of hydrogen-bond acceptors (Lipinski definition) is 4. The molecular formula is C21H28N4O2. The van der Waals surface area contributed by atoms with Crippen molar-refractivity contribution < 1.29 is 4.74 Å². The normalized spacial score (nSPS) is 11.5. The largest absolute Gasteiger partial charge is 0.491 e. The minimum atomic E-state index is -0.224. The molecule has 0 fully saturated rings. The van der Waals surface area contributed by atoms with Gasteiger partial charge in [-0.15, -0.1) is 5.10 Å². The third-order valence-electron chi connectivity index (χ3n) is 3.79. The molecule has 1 aromatic heterocycles. The summed E-state index contributed by atoms with van der Waals surface area (Å²) in [4.78, 5) is 13.0. The SMILES string of the molecule is C=C/C=C(\C)c1nn(CC(=C)NCC)c(=O)n1-c1ccc(OC(C)C)cc1. The Kier molecular flexibility index (Phi) is 6.82. The van der Waals surface area contributed by atoms with Crippen LogP contribution < -0.4 is 15.7 Å². The molecule has 0 saturated carbocycles. The number of aromatic nitrogens is 3. The molecule has 27 heavy (non-hydrogen) atoms. The lowest BCUT2D eigenvalue weighted by atomic mass is 10.2. The van der Waals surface area contributed by atoms with E-state index in [-0.39, 0.29) is 11.8 Å². The van der Waals surface area contributed by atoms with Crippen LogP contribution in [0.2, 0.25) is 0 Å². The van der Waals surface area contributed by atoms with Gasteiger partial charge in [0.05, 0.1) is 18.3 Å². The van der Waals surface area contributed by atoms with Crippen molar-refractivity contribution in [3.8, 4) is 11.4 Å². The van der Waals surface area contributed by atoms with E-state index in [9.17, 15) is 4.79 Å². The first-order chi connectivity index (χ1) is 12.9. The van der Waals surface area contributed by atoms with Crippen LogP contribution in [0.15, 0.2) is 60.1 Å². The third kappa shape index (κ3) is 5.00. The molecule has 0 radical (unpaired) electrons. The molecule has 0 aliphatic carbocycles. The lowest BCUT2D eigenvalue weighted by Crippen LogP contribution is -2.27. The average Bonchev–Trinajstić information content (AvgIpc) is 2.92. The second-order valence-electron chi connectivity index (χ2n) is 6.48. The zero-order valence-corrected chi connectivity index (χ0v) is 16.5. The molecule has 1 aromatic carbocycles. The van der Waals surface area contributed by atoms with Crippen LogP contribution in [-0.4, -0.2) is 27.0 Å². The molecule has 0 aliphatic heterocycles. The Bertz CT molecular complexity index is 886. The molecule has 0 unspecified atom stereocenters. The van der Waals surface area contributed by atoms with E-state index in [2.05, 4.69) is 23.6 Å². The highest BCUT2D eigenvalue weighted by Crippen LogP contribution is 2.19. The highest BCUT2D eigenvalue weighted by molar-refractivity contribution is 5.61. The number of nitrogens with zero attached hydrogens (tertiary/aromatic N) is 3. The van der Waals surface area contributed by atoms with E-state index in [4.69, 9.17) is 4.74 Å². The van der Waals surface area contributed by atoms with Crippen LogP contribution >= 0.6 is 0 Å². The summed E-state index contributed by atoms with van der Waals surface area (Å²) in [6, 6.07) is 7.42. The number of likely N-dealkylation sites (N-methyl/N-ethyl adjacent to an activating group) is 1. The van der Waals surface area contributed by atoms with E-state index in [0.29, 0.717) is 12.4 Å². The summed E-state index contributed by atoms with van der Waals surface area (Å²) in [5.74, 6) is 1.33. The molecule has 1 N–H and O–H groups in total. The molecule has 0 bridgehead atoms. The van der Waals surface area contributed by atoms with Crippen LogP contribution in [0.1, 0.15) is 33.5 Å². The van der Waals surface area contributed by atoms with Crippen molar-refractivity contribution in [3.63, 3.8) is 0 Å². The van der Waals surface area contributed by atoms with E-state index in [1.54, 1.807) is 10.6 Å². The Labute approximate surface area is 160 Å². The molecule has 0 aliphatic rings. The average molecular weight is 368 g/mol. The van der Waals surface area contributed by atoms with Gasteiger partial charge in [-0.2, -0.15) is 0 Å². The second kappa shape index (κ2) is 9.07. The zero-order valence-electron chi connectivity index (χ0n) is 16.5. The van der Waals surface area contributed by atoms with Gasteiger partial charge in [-0.3, -0.25) is 0 Å². The van der Waals surface area contributed by atoms with Crippen molar-refractivity contribution in [2.45, 2.75) is 40.3 Å². The fourth-order valence-corrected chi connectivity index (χ4v) is 2.68. The molecule has 0 atom stereocenters. The number of allylic oxidation sites excluding steroid dienone is 4. The van der Waals surface area contributed by atoms with Crippen LogP contribution in [-0.2, 0) is 6.54 Å². The van der Waals surface area contributed by atoms with E-state index in [1.807, 2.05) is 58.0 Å². The third-order valence-corrected chi connectivity index (χ3v) is 3.79. The minimum Gasteiger partial charge on any atom is -0.491 e. The van der Waals surface area contributed by atoms with Crippen LogP contribution in [0.3, 0.4) is 0 Å². The minimum absolute atomic E-state index is 0.0896. The van der Waals surface area contributed by atoms with E-state index < -0.39 is 0 Å². The molecule has 0 amide bonds. The van der Waals surface area contributed by atoms with E-state index in [0.717, 1.165) is 29.3 Å². The smallest absolute Gasteiger partial charge is 0.351 e. The topological polar surface area (TPSA) is 61.1 Å². The molecule has 144 valence electrons. The summed E-state index contributed by atoms with van der Waals surface area (Å²) < 4.78 is 8.69. The number of nitrogens with one attached hydrogen (secondary N) is 1. The van der Waals surface area contributed by atoms with Crippen molar-refractivity contribution in [1.82, 2.24) is 19.7 Å². The van der Waals surface area contributed by atoms with Gasteiger partial charge in [0.15, 0.2) is 5.82 Å². The first-order valence-corrected chi connectivity index (χ1v) is 9.05. The Hall–Kier alpha value is -3.02. The van der Waals surface area contributed by atoms with Crippen LogP contribution in [0.25, 0.3) is 11.3 Å². The molecule has 1 heterocycles. The molecule has 2 aromatic rings. The molecular weight excluding hydrogens is 340 g/mol. The predicted octanol–water partition coefficient (Wildman–Crippen LogP) is 3.53. The molecule has 6 heteroatoms. The van der Waals surface area contributed by atoms with Crippen molar-refractivity contribution >= 4 is 5.57 Å². The van der Waals surface area contributed by atoms with Gasteiger partial charge in [-0.05, 0) is 57.5 Å². The second-order valence-corrected chi connectivity index (χ2v) is 6.48. The maximum Gasteiger partial charge on any atom is 0.351 e. The quantitative estimate of drug-likeness (QED) is 0.688. The summed E-state index contributed by atoms with van der Waals surface area (Å²) in [5, 5.41) is 7.64. The Morgan fingerprint density at radius 3 is 2.56 bits per heavy atom. The van der Waals surface area contributed by atoms with Crippen LogP contribution in [0.5, 0.6) is 5.75 Å². The lowest BCUT2D eigenvalue weighted by molar-refractivity contribution is 0.242. The Balaban J connectivity index is 2.51. The van der Waals surface area contributed by atoms with Crippen molar-refractivity contribution in [2.24, 2.45) is 0 Å². The summed E-state index contributed by atoms with van der Waals surface area (Å²) in [5.41, 5.74) is 2.08. The molecule has 0 spiro atoms. The zero-order chi connectivity index (χ0) is 20.0.